The maximum atomic E-state index is 12.2. The van der Waals surface area contributed by atoms with Crippen molar-refractivity contribution in [2.75, 3.05) is 19.7 Å². The molecule has 0 aliphatic carbocycles. The summed E-state index contributed by atoms with van der Waals surface area (Å²) in [5.74, 6) is 0.597. The fraction of sp³-hybridized carbons (Fsp3) is 0.409. The van der Waals surface area contributed by atoms with Crippen LogP contribution in [0.4, 0.5) is 0 Å². The molecule has 0 atom stereocenters. The molecule has 0 unspecified atom stereocenters. The first-order valence-electron chi connectivity index (χ1n) is 9.56. The lowest BCUT2D eigenvalue weighted by Gasteiger charge is -2.27. The molecule has 0 radical (unpaired) electrons. The third-order valence-corrected chi connectivity index (χ3v) is 5.83. The molecule has 144 valence electrons. The molecular weight excluding hydrogens is 404 g/mol. The summed E-state index contributed by atoms with van der Waals surface area (Å²) in [5.41, 5.74) is 3.56. The number of carbonyl (C=O) groups excluding carboxylic acids is 1. The van der Waals surface area contributed by atoms with Crippen molar-refractivity contribution in [2.24, 2.45) is 0 Å². The van der Waals surface area contributed by atoms with Crippen LogP contribution in [0.15, 0.2) is 46.9 Å². The third-order valence-electron chi connectivity index (χ3n) is 4.94. The number of rotatable bonds is 7. The Balaban J connectivity index is 1.50. The van der Waals surface area contributed by atoms with Crippen molar-refractivity contribution >= 4 is 21.8 Å². The first kappa shape index (κ1) is 19.9. The zero-order chi connectivity index (χ0) is 19.1. The van der Waals surface area contributed by atoms with Gasteiger partial charge in [-0.1, -0.05) is 46.6 Å². The maximum absolute atomic E-state index is 12.2. The smallest absolute Gasteiger partial charge is 0.258 e. The predicted molar refractivity (Wildman–Crippen MR) is 112 cm³/mol. The number of likely N-dealkylation sites (tertiary alicyclic amines) is 1. The van der Waals surface area contributed by atoms with E-state index in [1.54, 1.807) is 0 Å². The van der Waals surface area contributed by atoms with Crippen LogP contribution in [-0.2, 0) is 17.9 Å². The summed E-state index contributed by atoms with van der Waals surface area (Å²) in [7, 11) is 0. The van der Waals surface area contributed by atoms with E-state index < -0.39 is 0 Å². The van der Waals surface area contributed by atoms with Gasteiger partial charge in [0, 0.05) is 17.6 Å². The summed E-state index contributed by atoms with van der Waals surface area (Å²) in [6.07, 6.45) is 3.91. The normalized spacial score (nSPS) is 14.7. The Hall–Kier alpha value is -1.85. The maximum Gasteiger partial charge on any atom is 0.258 e. The average Bonchev–Trinajstić information content (AvgIpc) is 2.69. The zero-order valence-electron chi connectivity index (χ0n) is 15.8. The number of ether oxygens (including phenoxy) is 1. The molecule has 2 aromatic rings. The molecule has 4 nitrogen and oxygen atoms in total. The van der Waals surface area contributed by atoms with Gasteiger partial charge in [-0.2, -0.15) is 0 Å². The number of amides is 1. The van der Waals surface area contributed by atoms with Crippen molar-refractivity contribution < 1.29 is 9.53 Å². The van der Waals surface area contributed by atoms with E-state index in [-0.39, 0.29) is 12.5 Å². The average molecular weight is 431 g/mol. The highest BCUT2D eigenvalue weighted by Crippen LogP contribution is 2.21. The topological polar surface area (TPSA) is 41.6 Å². The van der Waals surface area contributed by atoms with Crippen LogP contribution < -0.4 is 10.1 Å². The monoisotopic (exact) mass is 430 g/mol. The van der Waals surface area contributed by atoms with Gasteiger partial charge < -0.3 is 10.1 Å². The first-order valence-corrected chi connectivity index (χ1v) is 10.4. The molecule has 1 aliphatic heterocycles. The Bertz CT molecular complexity index is 773. The van der Waals surface area contributed by atoms with Gasteiger partial charge in [0.1, 0.15) is 5.75 Å². The van der Waals surface area contributed by atoms with Gasteiger partial charge in [-0.05, 0) is 67.7 Å². The fourth-order valence-electron chi connectivity index (χ4n) is 3.34. The van der Waals surface area contributed by atoms with Crippen LogP contribution in [0.1, 0.15) is 36.0 Å². The van der Waals surface area contributed by atoms with Crippen LogP contribution in [0.2, 0.25) is 0 Å². The number of nitrogens with zero attached hydrogens (tertiary/aromatic N) is 1. The number of piperidine rings is 1. The van der Waals surface area contributed by atoms with Gasteiger partial charge in [-0.15, -0.1) is 0 Å². The van der Waals surface area contributed by atoms with E-state index in [0.29, 0.717) is 12.3 Å². The summed E-state index contributed by atoms with van der Waals surface area (Å²) >= 11 is 3.46. The zero-order valence-corrected chi connectivity index (χ0v) is 17.4. The molecule has 1 N–H and O–H groups in total. The summed E-state index contributed by atoms with van der Waals surface area (Å²) in [6.45, 7) is 5.85. The molecule has 0 aromatic heterocycles. The molecule has 1 fully saturated rings. The molecule has 1 aliphatic rings. The van der Waals surface area contributed by atoms with E-state index >= 15 is 0 Å². The number of hydrogen-bond acceptors (Lipinski definition) is 3. The van der Waals surface area contributed by atoms with Crippen molar-refractivity contribution in [1.82, 2.24) is 10.2 Å². The number of nitrogens with one attached hydrogen (secondary N) is 1. The van der Waals surface area contributed by atoms with E-state index in [9.17, 15) is 4.79 Å². The first-order chi connectivity index (χ1) is 13.1. The minimum absolute atomic E-state index is 0.0232. The second-order valence-corrected chi connectivity index (χ2v) is 7.94. The molecule has 2 aromatic carbocycles. The van der Waals surface area contributed by atoms with E-state index in [2.05, 4.69) is 44.3 Å². The van der Waals surface area contributed by atoms with E-state index in [1.807, 2.05) is 31.2 Å². The van der Waals surface area contributed by atoms with Gasteiger partial charge in [-0.25, -0.2) is 0 Å². The van der Waals surface area contributed by atoms with Crippen LogP contribution in [-0.4, -0.2) is 30.5 Å². The molecule has 0 bridgehead atoms. The van der Waals surface area contributed by atoms with Gasteiger partial charge >= 0.3 is 0 Å². The standard InChI is InChI=1S/C22H27BrN2O2/c1-17-13-20(9-10-21(17)23)27-16-22(26)24-14-18-7-3-4-8-19(18)15-25-11-5-2-6-12-25/h3-4,7-10,13H,2,5-6,11-12,14-16H2,1H3,(H,24,26). The van der Waals surface area contributed by atoms with Crippen LogP contribution in [0, 0.1) is 6.92 Å². The number of aryl methyl sites for hydroxylation is 1. The number of halogens is 1. The highest BCUT2D eigenvalue weighted by Gasteiger charge is 2.13. The van der Waals surface area contributed by atoms with Crippen molar-refractivity contribution in [3.63, 3.8) is 0 Å². The molecule has 27 heavy (non-hydrogen) atoms. The van der Waals surface area contributed by atoms with Crippen LogP contribution in [0.25, 0.3) is 0 Å². The van der Waals surface area contributed by atoms with Crippen molar-refractivity contribution in [3.05, 3.63) is 63.6 Å². The van der Waals surface area contributed by atoms with Gasteiger partial charge in [0.15, 0.2) is 6.61 Å². The second-order valence-electron chi connectivity index (χ2n) is 7.08. The number of benzene rings is 2. The molecule has 1 heterocycles. The number of carbonyl (C=O) groups is 1. The van der Waals surface area contributed by atoms with Gasteiger partial charge in [0.25, 0.3) is 5.91 Å². The van der Waals surface area contributed by atoms with Gasteiger partial charge in [-0.3, -0.25) is 9.69 Å². The van der Waals surface area contributed by atoms with Crippen LogP contribution >= 0.6 is 15.9 Å². The third kappa shape index (κ3) is 6.08. The lowest BCUT2D eigenvalue weighted by atomic mass is 10.0. The Kier molecular flexibility index (Phi) is 7.30. The predicted octanol–water partition coefficient (Wildman–Crippen LogP) is 4.44. The lowest BCUT2D eigenvalue weighted by molar-refractivity contribution is -0.123. The Morgan fingerprint density at radius 3 is 2.59 bits per heavy atom. The summed E-state index contributed by atoms with van der Waals surface area (Å²) < 4.78 is 6.63. The largest absolute Gasteiger partial charge is 0.484 e. The van der Waals surface area contributed by atoms with Crippen LogP contribution in [0.3, 0.4) is 0 Å². The SMILES string of the molecule is Cc1cc(OCC(=O)NCc2ccccc2CN2CCCCC2)ccc1Br. The molecule has 1 amide bonds. The molecular formula is C22H27BrN2O2. The Morgan fingerprint density at radius 1 is 1.11 bits per heavy atom. The summed E-state index contributed by atoms with van der Waals surface area (Å²) in [4.78, 5) is 14.7. The molecule has 3 rings (SSSR count). The van der Waals surface area contributed by atoms with Crippen LogP contribution in [0.5, 0.6) is 5.75 Å². The number of hydrogen-bond donors (Lipinski definition) is 1. The minimum atomic E-state index is -0.108. The Morgan fingerprint density at radius 2 is 1.85 bits per heavy atom. The summed E-state index contributed by atoms with van der Waals surface area (Å²) in [5, 5.41) is 2.98. The van der Waals surface area contributed by atoms with Crippen molar-refractivity contribution in [2.45, 2.75) is 39.3 Å². The van der Waals surface area contributed by atoms with Crippen molar-refractivity contribution in [3.8, 4) is 5.75 Å². The lowest BCUT2D eigenvalue weighted by Crippen LogP contribution is -2.31. The highest BCUT2D eigenvalue weighted by molar-refractivity contribution is 9.10. The summed E-state index contributed by atoms with van der Waals surface area (Å²) in [6, 6.07) is 14.1. The van der Waals surface area contributed by atoms with Gasteiger partial charge in [0.05, 0.1) is 0 Å². The molecule has 1 saturated heterocycles. The van der Waals surface area contributed by atoms with E-state index in [1.165, 1.54) is 43.5 Å². The molecule has 5 heteroatoms. The fourth-order valence-corrected chi connectivity index (χ4v) is 3.59. The van der Waals surface area contributed by atoms with Gasteiger partial charge in [0.2, 0.25) is 0 Å². The van der Waals surface area contributed by atoms with E-state index in [0.717, 1.165) is 16.6 Å². The molecule has 0 spiro atoms. The second kappa shape index (κ2) is 9.90. The van der Waals surface area contributed by atoms with E-state index in [4.69, 9.17) is 4.74 Å². The highest BCUT2D eigenvalue weighted by atomic mass is 79.9. The Labute approximate surface area is 170 Å². The minimum Gasteiger partial charge on any atom is -0.484 e. The van der Waals surface area contributed by atoms with Crippen molar-refractivity contribution in [1.29, 1.82) is 0 Å². The molecule has 0 saturated carbocycles. The quantitative estimate of drug-likeness (QED) is 0.705.